The second-order valence-corrected chi connectivity index (χ2v) is 7.96. The Bertz CT molecular complexity index is 944. The molecular weight excluding hydrogens is 363 g/mol. The van der Waals surface area contributed by atoms with Gasteiger partial charge in [0.1, 0.15) is 17.8 Å². The quantitative estimate of drug-likeness (QED) is 0.812. The normalized spacial score (nSPS) is 18.7. The zero-order chi connectivity index (χ0) is 18.7. The lowest BCUT2D eigenvalue weighted by Crippen LogP contribution is -2.47. The van der Waals surface area contributed by atoms with E-state index in [1.54, 1.807) is 0 Å². The molecule has 0 amide bonds. The van der Waals surface area contributed by atoms with E-state index in [9.17, 15) is 22.7 Å². The molecule has 0 bridgehead atoms. The second kappa shape index (κ2) is 7.56. The molecule has 3 rings (SSSR count). The lowest BCUT2D eigenvalue weighted by atomic mass is 10.1. The van der Waals surface area contributed by atoms with Crippen LogP contribution in [0.2, 0.25) is 0 Å². The van der Waals surface area contributed by atoms with E-state index in [1.807, 2.05) is 4.90 Å². The molecule has 1 saturated heterocycles. The van der Waals surface area contributed by atoms with Crippen molar-refractivity contribution in [1.29, 1.82) is 0 Å². The highest BCUT2D eigenvalue weighted by Crippen LogP contribution is 2.17. The highest BCUT2D eigenvalue weighted by Gasteiger charge is 2.26. The van der Waals surface area contributed by atoms with Gasteiger partial charge in [-0.3, -0.25) is 9.69 Å². The van der Waals surface area contributed by atoms with Gasteiger partial charge in [0.2, 0.25) is 15.5 Å². The topological polar surface area (TPSA) is 99.9 Å². The van der Waals surface area contributed by atoms with E-state index < -0.39 is 27.0 Å². The van der Waals surface area contributed by atoms with Crippen LogP contribution in [0.15, 0.2) is 50.7 Å². The fourth-order valence-corrected chi connectivity index (χ4v) is 4.26. The van der Waals surface area contributed by atoms with Gasteiger partial charge in [0.25, 0.3) is 0 Å². The smallest absolute Gasteiger partial charge is 0.240 e. The summed E-state index contributed by atoms with van der Waals surface area (Å²) in [5, 5.41) is 9.22. The van der Waals surface area contributed by atoms with E-state index in [1.165, 1.54) is 24.3 Å². The highest BCUT2D eigenvalue weighted by molar-refractivity contribution is 7.89. The summed E-state index contributed by atoms with van der Waals surface area (Å²) in [6.07, 6.45) is 2.41. The zero-order valence-corrected chi connectivity index (χ0v) is 14.7. The summed E-state index contributed by atoms with van der Waals surface area (Å²) in [7, 11) is -3.81. The molecule has 26 heavy (non-hydrogen) atoms. The van der Waals surface area contributed by atoms with Crippen LogP contribution in [0.25, 0.3) is 0 Å². The van der Waals surface area contributed by atoms with Crippen LogP contribution in [0.3, 0.4) is 0 Å². The minimum atomic E-state index is -3.81. The number of piperidine rings is 1. The van der Waals surface area contributed by atoms with Crippen molar-refractivity contribution in [2.24, 2.45) is 0 Å². The Morgan fingerprint density at radius 2 is 2.15 bits per heavy atom. The van der Waals surface area contributed by atoms with E-state index in [4.69, 9.17) is 4.42 Å². The van der Waals surface area contributed by atoms with Crippen LogP contribution in [0.5, 0.6) is 5.75 Å². The second-order valence-electron chi connectivity index (χ2n) is 6.25. The van der Waals surface area contributed by atoms with Crippen molar-refractivity contribution in [3.05, 3.63) is 58.4 Å². The first-order valence-corrected chi connectivity index (χ1v) is 9.63. The largest absolute Gasteiger partial charge is 0.502 e. The maximum absolute atomic E-state index is 13.3. The molecule has 0 saturated carbocycles. The maximum atomic E-state index is 13.3. The number of benzene rings is 1. The number of sulfonamides is 1. The van der Waals surface area contributed by atoms with Crippen molar-refractivity contribution in [3.63, 3.8) is 0 Å². The summed E-state index contributed by atoms with van der Waals surface area (Å²) in [4.78, 5) is 13.3. The fraction of sp³-hybridized carbons (Fsp3) is 0.353. The standard InChI is InChI=1S/C17H19FN2O5S/c18-12-3-1-5-15(7-12)26(23,24)19-13-4-2-6-20(9-13)10-14-8-16(21)17(22)11-25-14/h1,3,5,7-8,11,13,19,22H,2,4,6,9-10H2. The minimum Gasteiger partial charge on any atom is -0.502 e. The van der Waals surface area contributed by atoms with Gasteiger partial charge >= 0.3 is 0 Å². The molecule has 0 radical (unpaired) electrons. The maximum Gasteiger partial charge on any atom is 0.240 e. The van der Waals surface area contributed by atoms with Gasteiger partial charge in [-0.25, -0.2) is 17.5 Å². The lowest BCUT2D eigenvalue weighted by molar-refractivity contribution is 0.180. The molecule has 1 aliphatic rings. The van der Waals surface area contributed by atoms with Crippen LogP contribution in [0.1, 0.15) is 18.6 Å². The van der Waals surface area contributed by atoms with Crippen LogP contribution in [0, 0.1) is 5.82 Å². The number of hydrogen-bond acceptors (Lipinski definition) is 6. The summed E-state index contributed by atoms with van der Waals surface area (Å²) >= 11 is 0. The Morgan fingerprint density at radius 3 is 2.88 bits per heavy atom. The molecule has 1 atom stereocenters. The highest BCUT2D eigenvalue weighted by atomic mass is 32.2. The fourth-order valence-electron chi connectivity index (χ4n) is 2.96. The number of likely N-dealkylation sites (tertiary alicyclic amines) is 1. The van der Waals surface area contributed by atoms with Gasteiger partial charge in [0, 0.05) is 18.7 Å². The number of nitrogens with zero attached hydrogens (tertiary/aromatic N) is 1. The van der Waals surface area contributed by atoms with E-state index in [2.05, 4.69) is 4.72 Å². The van der Waals surface area contributed by atoms with Crippen LogP contribution in [-0.2, 0) is 16.6 Å². The summed E-state index contributed by atoms with van der Waals surface area (Å²) in [5.41, 5.74) is -0.522. The molecule has 9 heteroatoms. The van der Waals surface area contributed by atoms with Gasteiger partial charge in [0.15, 0.2) is 5.75 Å². The summed E-state index contributed by atoms with van der Waals surface area (Å²) in [6, 6.07) is 5.75. The third kappa shape index (κ3) is 4.48. The Labute approximate surface area is 150 Å². The molecule has 0 aliphatic carbocycles. The van der Waals surface area contributed by atoms with Crippen molar-refractivity contribution in [3.8, 4) is 5.75 Å². The third-order valence-electron chi connectivity index (χ3n) is 4.18. The van der Waals surface area contributed by atoms with Crippen LogP contribution < -0.4 is 10.2 Å². The molecule has 1 fully saturated rings. The van der Waals surface area contributed by atoms with Gasteiger partial charge in [-0.05, 0) is 37.6 Å². The monoisotopic (exact) mass is 382 g/mol. The number of hydrogen-bond donors (Lipinski definition) is 2. The van der Waals surface area contributed by atoms with Gasteiger partial charge in [-0.15, -0.1) is 0 Å². The molecule has 0 spiro atoms. The lowest BCUT2D eigenvalue weighted by Gasteiger charge is -2.32. The van der Waals surface area contributed by atoms with Crippen molar-refractivity contribution in [1.82, 2.24) is 9.62 Å². The number of aromatic hydroxyl groups is 1. The molecule has 140 valence electrons. The Kier molecular flexibility index (Phi) is 5.40. The number of nitrogens with one attached hydrogen (secondary N) is 1. The van der Waals surface area contributed by atoms with E-state index in [0.29, 0.717) is 25.3 Å². The molecule has 2 heterocycles. The zero-order valence-electron chi connectivity index (χ0n) is 13.9. The van der Waals surface area contributed by atoms with Crippen molar-refractivity contribution in [2.45, 2.75) is 30.3 Å². The van der Waals surface area contributed by atoms with E-state index in [0.717, 1.165) is 25.3 Å². The van der Waals surface area contributed by atoms with Gasteiger partial charge < -0.3 is 9.52 Å². The summed E-state index contributed by atoms with van der Waals surface area (Å²) in [5.74, 6) is -0.671. The molecule has 7 nitrogen and oxygen atoms in total. The predicted molar refractivity (Wildman–Crippen MR) is 91.7 cm³/mol. The first-order chi connectivity index (χ1) is 12.3. The first-order valence-electron chi connectivity index (χ1n) is 8.14. The average Bonchev–Trinajstić information content (AvgIpc) is 2.58. The van der Waals surface area contributed by atoms with Crippen molar-refractivity contribution in [2.75, 3.05) is 13.1 Å². The van der Waals surface area contributed by atoms with Gasteiger partial charge in [-0.1, -0.05) is 6.07 Å². The molecular formula is C17H19FN2O5S. The van der Waals surface area contributed by atoms with Crippen LogP contribution in [0.4, 0.5) is 4.39 Å². The predicted octanol–water partition coefficient (Wildman–Crippen LogP) is 1.43. The van der Waals surface area contributed by atoms with Crippen molar-refractivity contribution < 1.29 is 22.3 Å². The third-order valence-corrected chi connectivity index (χ3v) is 5.70. The Balaban J connectivity index is 1.66. The average molecular weight is 382 g/mol. The molecule has 1 aromatic heterocycles. The van der Waals surface area contributed by atoms with Crippen LogP contribution >= 0.6 is 0 Å². The Morgan fingerprint density at radius 1 is 1.35 bits per heavy atom. The van der Waals surface area contributed by atoms with Gasteiger partial charge in [0.05, 0.1) is 11.4 Å². The molecule has 1 unspecified atom stereocenters. The summed E-state index contributed by atoms with van der Waals surface area (Å²) < 4.78 is 45.9. The molecule has 1 aromatic carbocycles. The Hall–Kier alpha value is -2.23. The van der Waals surface area contributed by atoms with E-state index >= 15 is 0 Å². The number of rotatable bonds is 5. The van der Waals surface area contributed by atoms with E-state index in [-0.39, 0.29) is 10.9 Å². The molecule has 2 N–H and O–H groups in total. The van der Waals surface area contributed by atoms with Crippen LogP contribution in [-0.4, -0.2) is 37.6 Å². The molecule has 1 aliphatic heterocycles. The SMILES string of the molecule is O=c1cc(CN2CCCC(NS(=O)(=O)c3cccc(F)c3)C2)occ1O. The summed E-state index contributed by atoms with van der Waals surface area (Å²) in [6.45, 7) is 1.48. The minimum absolute atomic E-state index is 0.112. The molecule has 2 aromatic rings. The van der Waals surface area contributed by atoms with Crippen molar-refractivity contribution >= 4 is 10.0 Å². The number of halogens is 1. The first kappa shape index (κ1) is 18.6. The van der Waals surface area contributed by atoms with Gasteiger partial charge in [-0.2, -0.15) is 0 Å².